The lowest BCUT2D eigenvalue weighted by atomic mass is 10.0. The summed E-state index contributed by atoms with van der Waals surface area (Å²) in [5, 5.41) is 0. The van der Waals surface area contributed by atoms with Gasteiger partial charge in [0.25, 0.3) is 23.6 Å². The molecule has 2 heterocycles. The number of amides is 4. The van der Waals surface area contributed by atoms with Gasteiger partial charge in [0.05, 0.1) is 0 Å². The van der Waals surface area contributed by atoms with Gasteiger partial charge in [-0.2, -0.15) is 0 Å². The van der Waals surface area contributed by atoms with Gasteiger partial charge >= 0.3 is 0 Å². The minimum absolute atomic E-state index is 0.425. The van der Waals surface area contributed by atoms with Crippen molar-refractivity contribution in [1.82, 2.24) is 9.80 Å². The molecule has 2 aliphatic heterocycles. The second kappa shape index (κ2) is 10.8. The van der Waals surface area contributed by atoms with Gasteiger partial charge in [-0.05, 0) is 12.8 Å². The summed E-state index contributed by atoms with van der Waals surface area (Å²) in [5.41, 5.74) is 0. The maximum absolute atomic E-state index is 12.0. The van der Waals surface area contributed by atoms with E-state index in [1.54, 1.807) is 0 Å². The summed E-state index contributed by atoms with van der Waals surface area (Å²) in [6, 6.07) is 0. The third-order valence-corrected chi connectivity index (χ3v) is 5.10. The van der Waals surface area contributed by atoms with Crippen molar-refractivity contribution < 1.29 is 19.2 Å². The number of carbonyl (C=O) groups is 4. The minimum atomic E-state index is -0.830. The summed E-state index contributed by atoms with van der Waals surface area (Å²) < 4.78 is 0. The van der Waals surface area contributed by atoms with Gasteiger partial charge in [0.15, 0.2) is 0 Å². The van der Waals surface area contributed by atoms with Crippen LogP contribution in [0.1, 0.15) is 77.6 Å². The zero-order valence-corrected chi connectivity index (χ0v) is 16.2. The number of carbonyl (C=O) groups excluding carboxylic acids is 4. The van der Waals surface area contributed by atoms with E-state index in [4.69, 9.17) is 0 Å². The molecule has 2 aliphatic rings. The van der Waals surface area contributed by atoms with Gasteiger partial charge in [0.2, 0.25) is 0 Å². The fourth-order valence-corrected chi connectivity index (χ4v) is 3.60. The van der Waals surface area contributed by atoms with Gasteiger partial charge in [-0.25, -0.2) is 0 Å². The fraction of sp³-hybridized carbons (Fsp3) is 0.619. The highest BCUT2D eigenvalue weighted by atomic mass is 16.2. The molecule has 148 valence electrons. The molecule has 0 aromatic rings. The van der Waals surface area contributed by atoms with Crippen LogP contribution in [0, 0.1) is 0 Å². The van der Waals surface area contributed by atoms with Crippen molar-refractivity contribution in [2.24, 2.45) is 0 Å². The summed E-state index contributed by atoms with van der Waals surface area (Å²) in [7, 11) is 0. The standard InChI is InChI=1S/C21H30N2O4/c1-2-3-4-5-6-7-8-9-10-11-12-17(22-18(24)13-14-19(22)25)23-20(26)15-16-21(23)27/h13-17H,2-12H2,1H3. The highest BCUT2D eigenvalue weighted by molar-refractivity contribution is 6.16. The third kappa shape index (κ3) is 5.88. The summed E-state index contributed by atoms with van der Waals surface area (Å²) >= 11 is 0. The number of hydrogen-bond acceptors (Lipinski definition) is 4. The van der Waals surface area contributed by atoms with E-state index < -0.39 is 29.8 Å². The SMILES string of the molecule is CCCCCCCCCCCCC(N1C(=O)C=CC1=O)N1C(=O)C=CC1=O. The molecule has 0 aromatic carbocycles. The Morgan fingerprint density at radius 1 is 0.593 bits per heavy atom. The predicted molar refractivity (Wildman–Crippen MR) is 102 cm³/mol. The van der Waals surface area contributed by atoms with Crippen LogP contribution in [0.5, 0.6) is 0 Å². The highest BCUT2D eigenvalue weighted by Crippen LogP contribution is 2.22. The van der Waals surface area contributed by atoms with Crippen LogP contribution in [0.4, 0.5) is 0 Å². The van der Waals surface area contributed by atoms with Crippen LogP contribution in [-0.2, 0) is 19.2 Å². The molecule has 6 heteroatoms. The van der Waals surface area contributed by atoms with Gasteiger partial charge < -0.3 is 0 Å². The van der Waals surface area contributed by atoms with E-state index in [1.165, 1.54) is 69.2 Å². The van der Waals surface area contributed by atoms with E-state index in [-0.39, 0.29) is 0 Å². The van der Waals surface area contributed by atoms with Crippen molar-refractivity contribution in [1.29, 1.82) is 0 Å². The van der Waals surface area contributed by atoms with Gasteiger partial charge in [0, 0.05) is 24.3 Å². The smallest absolute Gasteiger partial charge is 0.255 e. The monoisotopic (exact) mass is 374 g/mol. The maximum atomic E-state index is 12.0. The van der Waals surface area contributed by atoms with Crippen molar-refractivity contribution >= 4 is 23.6 Å². The van der Waals surface area contributed by atoms with Crippen LogP contribution >= 0.6 is 0 Å². The summed E-state index contributed by atoms with van der Waals surface area (Å²) in [6.07, 6.45) is 16.0. The van der Waals surface area contributed by atoms with E-state index in [0.29, 0.717) is 6.42 Å². The largest absolute Gasteiger partial charge is 0.269 e. The van der Waals surface area contributed by atoms with Crippen LogP contribution in [0.2, 0.25) is 0 Å². The van der Waals surface area contributed by atoms with Gasteiger partial charge in [-0.15, -0.1) is 0 Å². The van der Waals surface area contributed by atoms with Crippen molar-refractivity contribution in [3.63, 3.8) is 0 Å². The van der Waals surface area contributed by atoms with E-state index in [1.807, 2.05) is 0 Å². The number of nitrogens with zero attached hydrogens (tertiary/aromatic N) is 2. The first-order chi connectivity index (χ1) is 13.1. The Morgan fingerprint density at radius 2 is 0.926 bits per heavy atom. The number of rotatable bonds is 13. The Hall–Kier alpha value is -2.24. The molecule has 2 rings (SSSR count). The second-order valence-corrected chi connectivity index (χ2v) is 7.21. The highest BCUT2D eigenvalue weighted by Gasteiger charge is 2.40. The molecular formula is C21H30N2O4. The Balaban J connectivity index is 1.77. The first-order valence-electron chi connectivity index (χ1n) is 10.2. The molecule has 27 heavy (non-hydrogen) atoms. The molecular weight excluding hydrogens is 344 g/mol. The molecule has 0 unspecified atom stereocenters. The maximum Gasteiger partial charge on any atom is 0.255 e. The average Bonchev–Trinajstić information content (AvgIpc) is 3.15. The molecule has 0 atom stereocenters. The first-order valence-corrected chi connectivity index (χ1v) is 10.2. The lowest BCUT2D eigenvalue weighted by Gasteiger charge is -2.32. The molecule has 4 amide bonds. The first kappa shape index (κ1) is 21.1. The molecule has 0 saturated heterocycles. The summed E-state index contributed by atoms with van der Waals surface area (Å²) in [6.45, 7) is 2.21. The van der Waals surface area contributed by atoms with Crippen LogP contribution in [-0.4, -0.2) is 39.6 Å². The lowest BCUT2D eigenvalue weighted by Crippen LogP contribution is -2.53. The van der Waals surface area contributed by atoms with Crippen LogP contribution in [0.25, 0.3) is 0 Å². The van der Waals surface area contributed by atoms with Crippen LogP contribution in [0.3, 0.4) is 0 Å². The van der Waals surface area contributed by atoms with Crippen molar-refractivity contribution in [2.75, 3.05) is 0 Å². The number of imide groups is 2. The minimum Gasteiger partial charge on any atom is -0.269 e. The van der Waals surface area contributed by atoms with Gasteiger partial charge in [-0.3, -0.25) is 29.0 Å². The number of unbranched alkanes of at least 4 members (excludes halogenated alkanes) is 9. The fourth-order valence-electron chi connectivity index (χ4n) is 3.60. The van der Waals surface area contributed by atoms with Gasteiger partial charge in [-0.1, -0.05) is 64.7 Å². The molecule has 0 N–H and O–H groups in total. The van der Waals surface area contributed by atoms with Gasteiger partial charge in [0.1, 0.15) is 6.17 Å². The molecule has 6 nitrogen and oxygen atoms in total. The van der Waals surface area contributed by atoms with Crippen molar-refractivity contribution in [3.05, 3.63) is 24.3 Å². The van der Waals surface area contributed by atoms with Crippen LogP contribution < -0.4 is 0 Å². The number of hydrogen-bond donors (Lipinski definition) is 0. The molecule has 0 fully saturated rings. The quantitative estimate of drug-likeness (QED) is 0.365. The molecule has 0 spiro atoms. The predicted octanol–water partition coefficient (Wildman–Crippen LogP) is 3.47. The van der Waals surface area contributed by atoms with Crippen molar-refractivity contribution in [3.8, 4) is 0 Å². The second-order valence-electron chi connectivity index (χ2n) is 7.21. The van der Waals surface area contributed by atoms with E-state index in [9.17, 15) is 19.2 Å². The Labute approximate surface area is 161 Å². The summed E-state index contributed by atoms with van der Waals surface area (Å²) in [5.74, 6) is -1.87. The average molecular weight is 374 g/mol. The summed E-state index contributed by atoms with van der Waals surface area (Å²) in [4.78, 5) is 50.2. The zero-order chi connectivity index (χ0) is 19.6. The normalized spacial score (nSPS) is 16.7. The molecule has 0 bridgehead atoms. The Bertz CT molecular complexity index is 546. The van der Waals surface area contributed by atoms with E-state index in [2.05, 4.69) is 6.92 Å². The molecule has 0 saturated carbocycles. The Morgan fingerprint density at radius 3 is 1.30 bits per heavy atom. The molecule has 0 aliphatic carbocycles. The Kier molecular flexibility index (Phi) is 8.43. The van der Waals surface area contributed by atoms with E-state index >= 15 is 0 Å². The van der Waals surface area contributed by atoms with Crippen LogP contribution in [0.15, 0.2) is 24.3 Å². The lowest BCUT2D eigenvalue weighted by molar-refractivity contribution is -0.152. The topological polar surface area (TPSA) is 74.8 Å². The molecule has 0 radical (unpaired) electrons. The third-order valence-electron chi connectivity index (χ3n) is 5.10. The van der Waals surface area contributed by atoms with E-state index in [0.717, 1.165) is 29.1 Å². The molecule has 0 aromatic heterocycles. The van der Waals surface area contributed by atoms with Crippen molar-refractivity contribution in [2.45, 2.75) is 83.7 Å². The zero-order valence-electron chi connectivity index (χ0n) is 16.2.